The lowest BCUT2D eigenvalue weighted by atomic mass is 10.1. The molecule has 1 aromatic carbocycles. The summed E-state index contributed by atoms with van der Waals surface area (Å²) in [5.74, 6) is -0.178. The van der Waals surface area contributed by atoms with Crippen molar-refractivity contribution in [2.75, 3.05) is 0 Å². The number of hydrogen-bond acceptors (Lipinski definition) is 4. The molecule has 6 heteroatoms. The Kier molecular flexibility index (Phi) is 4.14. The fraction of sp³-hybridized carbons (Fsp3) is 0.176. The summed E-state index contributed by atoms with van der Waals surface area (Å²) < 4.78 is 1.53. The predicted molar refractivity (Wildman–Crippen MR) is 86.8 cm³/mol. The maximum Gasteiger partial charge on any atom is 0.242 e. The van der Waals surface area contributed by atoms with Gasteiger partial charge in [0.05, 0.1) is 17.8 Å². The van der Waals surface area contributed by atoms with Crippen molar-refractivity contribution in [2.45, 2.75) is 19.5 Å². The molecule has 2 aromatic heterocycles. The van der Waals surface area contributed by atoms with Crippen molar-refractivity contribution in [1.29, 1.82) is 0 Å². The van der Waals surface area contributed by atoms with Crippen LogP contribution in [0.2, 0.25) is 0 Å². The van der Waals surface area contributed by atoms with Crippen molar-refractivity contribution in [3.63, 3.8) is 0 Å². The number of fused-ring (bicyclic) bond motifs is 1. The summed E-state index contributed by atoms with van der Waals surface area (Å²) in [6, 6.07) is 10.7. The number of carbonyl (C=O) groups excluding carboxylic acids is 1. The molecule has 0 saturated carbocycles. The molecule has 1 unspecified atom stereocenters. The van der Waals surface area contributed by atoms with E-state index in [9.17, 15) is 9.59 Å². The molecule has 3 rings (SSSR count). The molecule has 0 spiro atoms. The van der Waals surface area contributed by atoms with Crippen LogP contribution in [0, 0.1) is 0 Å². The molecule has 6 nitrogen and oxygen atoms in total. The van der Waals surface area contributed by atoms with Gasteiger partial charge in [0, 0.05) is 17.8 Å². The molecule has 0 aliphatic rings. The van der Waals surface area contributed by atoms with Gasteiger partial charge in [0.15, 0.2) is 0 Å². The van der Waals surface area contributed by atoms with Crippen LogP contribution in [0.3, 0.4) is 0 Å². The molecule has 116 valence electrons. The summed E-state index contributed by atoms with van der Waals surface area (Å²) in [5, 5.41) is 7.51. The lowest BCUT2D eigenvalue weighted by Crippen LogP contribution is -2.31. The fourth-order valence-corrected chi connectivity index (χ4v) is 2.43. The van der Waals surface area contributed by atoms with E-state index in [0.29, 0.717) is 10.9 Å². The van der Waals surface area contributed by atoms with Gasteiger partial charge < -0.3 is 5.32 Å². The van der Waals surface area contributed by atoms with Crippen molar-refractivity contribution in [1.82, 2.24) is 20.1 Å². The number of amides is 1. The molecule has 3 aromatic rings. The van der Waals surface area contributed by atoms with E-state index < -0.39 is 0 Å². The molecular weight excluding hydrogens is 292 g/mol. The van der Waals surface area contributed by atoms with Gasteiger partial charge in [0.2, 0.25) is 11.3 Å². The number of para-hydroxylation sites is 1. The quantitative estimate of drug-likeness (QED) is 0.795. The second-order valence-electron chi connectivity index (χ2n) is 5.26. The molecule has 0 aliphatic heterocycles. The SMILES string of the molecule is CC(NC(=O)Cn1ncc(=O)c2ccccc21)c1cccnc1. The largest absolute Gasteiger partial charge is 0.348 e. The Hall–Kier alpha value is -3.02. The van der Waals surface area contributed by atoms with Crippen molar-refractivity contribution in [3.05, 3.63) is 70.8 Å². The van der Waals surface area contributed by atoms with Gasteiger partial charge in [-0.3, -0.25) is 19.3 Å². The maximum absolute atomic E-state index is 12.3. The Labute approximate surface area is 132 Å². The topological polar surface area (TPSA) is 76.9 Å². The number of carbonyl (C=O) groups is 1. The molecule has 0 radical (unpaired) electrons. The highest BCUT2D eigenvalue weighted by molar-refractivity contribution is 5.81. The predicted octanol–water partition coefficient (Wildman–Crippen LogP) is 1.67. The summed E-state index contributed by atoms with van der Waals surface area (Å²) in [6.07, 6.45) is 4.65. The number of aromatic nitrogens is 3. The van der Waals surface area contributed by atoms with Gasteiger partial charge in [-0.15, -0.1) is 0 Å². The Balaban J connectivity index is 1.79. The van der Waals surface area contributed by atoms with Crippen LogP contribution in [-0.4, -0.2) is 20.7 Å². The summed E-state index contributed by atoms with van der Waals surface area (Å²) in [7, 11) is 0. The summed E-state index contributed by atoms with van der Waals surface area (Å²) >= 11 is 0. The van der Waals surface area contributed by atoms with Gasteiger partial charge in [-0.25, -0.2) is 0 Å². The molecule has 0 bridgehead atoms. The van der Waals surface area contributed by atoms with Crippen LogP contribution < -0.4 is 10.7 Å². The monoisotopic (exact) mass is 308 g/mol. The molecule has 1 atom stereocenters. The van der Waals surface area contributed by atoms with Crippen molar-refractivity contribution in [2.24, 2.45) is 0 Å². The summed E-state index contributed by atoms with van der Waals surface area (Å²) in [6.45, 7) is 1.94. The first-order chi connectivity index (χ1) is 11.1. The average Bonchev–Trinajstić information content (AvgIpc) is 2.58. The number of nitrogens with zero attached hydrogens (tertiary/aromatic N) is 3. The highest BCUT2D eigenvalue weighted by Crippen LogP contribution is 2.11. The Bertz CT molecular complexity index is 890. The second-order valence-corrected chi connectivity index (χ2v) is 5.26. The Morgan fingerprint density at radius 2 is 2.04 bits per heavy atom. The first kappa shape index (κ1) is 14.9. The smallest absolute Gasteiger partial charge is 0.242 e. The highest BCUT2D eigenvalue weighted by atomic mass is 16.2. The van der Waals surface area contributed by atoms with Crippen molar-refractivity contribution >= 4 is 16.8 Å². The fourth-order valence-electron chi connectivity index (χ4n) is 2.43. The zero-order valence-corrected chi connectivity index (χ0v) is 12.6. The Morgan fingerprint density at radius 1 is 1.22 bits per heavy atom. The van der Waals surface area contributed by atoms with E-state index in [4.69, 9.17) is 0 Å². The standard InChI is InChI=1S/C17H16N4O2/c1-12(13-5-4-8-18-9-13)20-17(23)11-21-15-7-3-2-6-14(15)16(22)10-19-21/h2-10,12H,11H2,1H3,(H,20,23). The van der Waals surface area contributed by atoms with Gasteiger partial charge >= 0.3 is 0 Å². The molecule has 2 heterocycles. The zero-order valence-electron chi connectivity index (χ0n) is 12.6. The summed E-state index contributed by atoms with van der Waals surface area (Å²) in [5.41, 5.74) is 1.42. The van der Waals surface area contributed by atoms with E-state index in [-0.39, 0.29) is 23.9 Å². The Morgan fingerprint density at radius 3 is 2.83 bits per heavy atom. The molecule has 23 heavy (non-hydrogen) atoms. The third-order valence-corrected chi connectivity index (χ3v) is 3.62. The van der Waals surface area contributed by atoms with Crippen LogP contribution in [0.15, 0.2) is 59.8 Å². The van der Waals surface area contributed by atoms with Gasteiger partial charge in [-0.05, 0) is 30.7 Å². The van der Waals surface area contributed by atoms with Crippen molar-refractivity contribution < 1.29 is 4.79 Å². The van der Waals surface area contributed by atoms with Crippen LogP contribution in [0.4, 0.5) is 0 Å². The van der Waals surface area contributed by atoms with E-state index in [1.165, 1.54) is 10.9 Å². The summed E-state index contributed by atoms with van der Waals surface area (Å²) in [4.78, 5) is 28.1. The second kappa shape index (κ2) is 6.39. The van der Waals surface area contributed by atoms with E-state index in [2.05, 4.69) is 15.4 Å². The van der Waals surface area contributed by atoms with Crippen LogP contribution in [0.5, 0.6) is 0 Å². The third kappa shape index (κ3) is 3.26. The highest BCUT2D eigenvalue weighted by Gasteiger charge is 2.12. The number of pyridine rings is 1. The number of nitrogens with one attached hydrogen (secondary N) is 1. The first-order valence-electron chi connectivity index (χ1n) is 7.29. The van der Waals surface area contributed by atoms with Gasteiger partial charge in [-0.1, -0.05) is 18.2 Å². The van der Waals surface area contributed by atoms with Gasteiger partial charge in [-0.2, -0.15) is 5.10 Å². The zero-order chi connectivity index (χ0) is 16.2. The first-order valence-corrected chi connectivity index (χ1v) is 7.29. The van der Waals surface area contributed by atoms with E-state index >= 15 is 0 Å². The minimum Gasteiger partial charge on any atom is -0.348 e. The van der Waals surface area contributed by atoms with Crippen LogP contribution in [-0.2, 0) is 11.3 Å². The minimum absolute atomic E-state index is 0.0470. The molecule has 1 amide bonds. The third-order valence-electron chi connectivity index (χ3n) is 3.62. The molecule has 0 saturated heterocycles. The van der Waals surface area contributed by atoms with Gasteiger partial charge in [0.25, 0.3) is 0 Å². The van der Waals surface area contributed by atoms with E-state index in [0.717, 1.165) is 5.56 Å². The number of benzene rings is 1. The van der Waals surface area contributed by atoms with E-state index in [1.807, 2.05) is 25.1 Å². The lowest BCUT2D eigenvalue weighted by molar-refractivity contribution is -0.122. The lowest BCUT2D eigenvalue weighted by Gasteiger charge is -2.15. The van der Waals surface area contributed by atoms with Crippen LogP contribution >= 0.6 is 0 Å². The molecule has 0 aliphatic carbocycles. The van der Waals surface area contributed by atoms with Crippen LogP contribution in [0.1, 0.15) is 18.5 Å². The normalized spacial score (nSPS) is 12.0. The molecule has 1 N–H and O–H groups in total. The number of hydrogen-bond donors (Lipinski definition) is 1. The molecular formula is C17H16N4O2. The van der Waals surface area contributed by atoms with Crippen LogP contribution in [0.25, 0.3) is 10.9 Å². The average molecular weight is 308 g/mol. The maximum atomic E-state index is 12.3. The number of rotatable bonds is 4. The van der Waals surface area contributed by atoms with E-state index in [1.54, 1.807) is 30.6 Å². The van der Waals surface area contributed by atoms with Gasteiger partial charge in [0.1, 0.15) is 6.54 Å². The minimum atomic E-state index is -0.178. The van der Waals surface area contributed by atoms with Crippen molar-refractivity contribution in [3.8, 4) is 0 Å². The molecule has 0 fully saturated rings.